The molecule has 1 aromatic rings. The molecule has 0 aliphatic heterocycles. The normalized spacial score (nSPS) is 19.5. The lowest BCUT2D eigenvalue weighted by molar-refractivity contribution is 0.507. The van der Waals surface area contributed by atoms with Gasteiger partial charge in [-0.25, -0.2) is 13.1 Å². The Balaban J connectivity index is 2.23. The van der Waals surface area contributed by atoms with Gasteiger partial charge in [0.05, 0.1) is 5.75 Å². The zero-order valence-electron chi connectivity index (χ0n) is 10.6. The van der Waals surface area contributed by atoms with E-state index in [1.54, 1.807) is 0 Å². The Hall–Kier alpha value is -1.07. The number of anilines is 1. The molecule has 0 bridgehead atoms. The number of aryl methyl sites for hydroxylation is 1. The first-order valence-corrected chi connectivity index (χ1v) is 8.05. The van der Waals surface area contributed by atoms with Gasteiger partial charge in [0.15, 0.2) is 0 Å². The maximum absolute atomic E-state index is 11.8. The van der Waals surface area contributed by atoms with Gasteiger partial charge in [-0.3, -0.25) is 0 Å². The highest BCUT2D eigenvalue weighted by atomic mass is 32.2. The number of rotatable bonds is 4. The van der Waals surface area contributed by atoms with Gasteiger partial charge in [-0.1, -0.05) is 13.0 Å². The van der Waals surface area contributed by atoms with Crippen LogP contribution in [0.5, 0.6) is 0 Å². The van der Waals surface area contributed by atoms with Crippen LogP contribution in [0.2, 0.25) is 0 Å². The van der Waals surface area contributed by atoms with E-state index in [-0.39, 0.29) is 11.8 Å². The van der Waals surface area contributed by atoms with Crippen molar-refractivity contribution in [1.29, 1.82) is 0 Å². The first kappa shape index (κ1) is 13.4. The van der Waals surface area contributed by atoms with Gasteiger partial charge in [0, 0.05) is 11.7 Å². The number of fused-ring (bicyclic) bond motifs is 1. The van der Waals surface area contributed by atoms with E-state index >= 15 is 0 Å². The summed E-state index contributed by atoms with van der Waals surface area (Å²) in [7, 11) is -3.17. The Morgan fingerprint density at radius 2 is 2.22 bits per heavy atom. The molecule has 0 fully saturated rings. The molecule has 100 valence electrons. The van der Waals surface area contributed by atoms with Crippen molar-refractivity contribution in [2.45, 2.75) is 38.6 Å². The number of sulfonamides is 1. The summed E-state index contributed by atoms with van der Waals surface area (Å²) in [6, 6.07) is 5.65. The number of benzene rings is 1. The molecule has 18 heavy (non-hydrogen) atoms. The van der Waals surface area contributed by atoms with Crippen LogP contribution in [0.1, 0.15) is 43.4 Å². The second-order valence-corrected chi connectivity index (χ2v) is 6.71. The molecule has 1 aliphatic rings. The van der Waals surface area contributed by atoms with Gasteiger partial charge in [-0.15, -0.1) is 0 Å². The molecular weight excluding hydrogens is 248 g/mol. The molecule has 1 aliphatic carbocycles. The zero-order valence-corrected chi connectivity index (χ0v) is 11.5. The number of nitrogens with one attached hydrogen (secondary N) is 1. The predicted molar refractivity (Wildman–Crippen MR) is 73.7 cm³/mol. The molecule has 1 unspecified atom stereocenters. The SMILES string of the molecule is CCCS(=O)(=O)NC1CCCc2cc(N)ccc21. The third-order valence-electron chi connectivity index (χ3n) is 3.28. The average molecular weight is 268 g/mol. The Labute approximate surface area is 109 Å². The van der Waals surface area contributed by atoms with Gasteiger partial charge in [0.25, 0.3) is 0 Å². The van der Waals surface area contributed by atoms with Crippen molar-refractivity contribution in [2.24, 2.45) is 0 Å². The minimum absolute atomic E-state index is 0.0918. The number of hydrogen-bond donors (Lipinski definition) is 2. The number of nitrogen functional groups attached to an aromatic ring is 1. The van der Waals surface area contributed by atoms with Crippen LogP contribution in [-0.2, 0) is 16.4 Å². The van der Waals surface area contributed by atoms with Crippen molar-refractivity contribution >= 4 is 15.7 Å². The zero-order chi connectivity index (χ0) is 13.2. The molecule has 0 saturated carbocycles. The van der Waals surface area contributed by atoms with Crippen LogP contribution in [0.15, 0.2) is 18.2 Å². The highest BCUT2D eigenvalue weighted by Crippen LogP contribution is 2.31. The Morgan fingerprint density at radius 1 is 1.44 bits per heavy atom. The van der Waals surface area contributed by atoms with Gasteiger partial charge < -0.3 is 5.73 Å². The van der Waals surface area contributed by atoms with E-state index < -0.39 is 10.0 Å². The van der Waals surface area contributed by atoms with Crippen LogP contribution in [0.25, 0.3) is 0 Å². The molecule has 4 nitrogen and oxygen atoms in total. The summed E-state index contributed by atoms with van der Waals surface area (Å²) in [4.78, 5) is 0. The van der Waals surface area contributed by atoms with Crippen molar-refractivity contribution in [3.05, 3.63) is 29.3 Å². The van der Waals surface area contributed by atoms with Gasteiger partial charge in [-0.2, -0.15) is 0 Å². The Kier molecular flexibility index (Phi) is 3.92. The van der Waals surface area contributed by atoms with Crippen LogP contribution >= 0.6 is 0 Å². The molecule has 0 radical (unpaired) electrons. The molecule has 0 aromatic heterocycles. The molecule has 5 heteroatoms. The fourth-order valence-corrected chi connectivity index (χ4v) is 3.83. The quantitative estimate of drug-likeness (QED) is 0.820. The largest absolute Gasteiger partial charge is 0.399 e. The molecule has 0 amide bonds. The van der Waals surface area contributed by atoms with E-state index in [0.29, 0.717) is 6.42 Å². The summed E-state index contributed by atoms with van der Waals surface area (Å²) in [5.41, 5.74) is 8.76. The highest BCUT2D eigenvalue weighted by Gasteiger charge is 2.24. The molecule has 2 rings (SSSR count). The predicted octanol–water partition coefficient (Wildman–Crippen LogP) is 1.98. The van der Waals surface area contributed by atoms with Crippen LogP contribution in [0.4, 0.5) is 5.69 Å². The molecule has 1 aromatic carbocycles. The molecule has 1 atom stereocenters. The molecular formula is C13H20N2O2S. The monoisotopic (exact) mass is 268 g/mol. The maximum Gasteiger partial charge on any atom is 0.212 e. The van der Waals surface area contributed by atoms with Crippen molar-refractivity contribution in [3.63, 3.8) is 0 Å². The summed E-state index contributed by atoms with van der Waals surface area (Å²) >= 11 is 0. The highest BCUT2D eigenvalue weighted by molar-refractivity contribution is 7.89. The standard InChI is InChI=1S/C13H20N2O2S/c1-2-8-18(16,17)15-13-5-3-4-10-9-11(14)6-7-12(10)13/h6-7,9,13,15H,2-5,8,14H2,1H3. The van der Waals surface area contributed by atoms with Crippen molar-refractivity contribution in [1.82, 2.24) is 4.72 Å². The van der Waals surface area contributed by atoms with E-state index in [0.717, 1.165) is 30.5 Å². The third kappa shape index (κ3) is 3.03. The van der Waals surface area contributed by atoms with E-state index in [9.17, 15) is 8.42 Å². The Morgan fingerprint density at radius 3 is 2.94 bits per heavy atom. The first-order valence-electron chi connectivity index (χ1n) is 6.40. The molecule has 3 N–H and O–H groups in total. The van der Waals surface area contributed by atoms with E-state index in [4.69, 9.17) is 5.73 Å². The summed E-state index contributed by atoms with van der Waals surface area (Å²) in [6.45, 7) is 1.87. The summed E-state index contributed by atoms with van der Waals surface area (Å²) in [5.74, 6) is 0.188. The minimum Gasteiger partial charge on any atom is -0.399 e. The third-order valence-corrected chi connectivity index (χ3v) is 4.87. The number of nitrogens with two attached hydrogens (primary N) is 1. The Bertz CT molecular complexity index is 526. The van der Waals surface area contributed by atoms with Crippen molar-refractivity contribution in [2.75, 3.05) is 11.5 Å². The summed E-state index contributed by atoms with van der Waals surface area (Å²) in [5, 5.41) is 0. The average Bonchev–Trinajstić information content (AvgIpc) is 2.28. The van der Waals surface area contributed by atoms with Crippen LogP contribution < -0.4 is 10.5 Å². The van der Waals surface area contributed by atoms with Gasteiger partial charge in [0.1, 0.15) is 0 Å². The lowest BCUT2D eigenvalue weighted by atomic mass is 9.88. The number of hydrogen-bond acceptors (Lipinski definition) is 3. The fraction of sp³-hybridized carbons (Fsp3) is 0.538. The van der Waals surface area contributed by atoms with Gasteiger partial charge >= 0.3 is 0 Å². The summed E-state index contributed by atoms with van der Waals surface area (Å²) in [6.07, 6.45) is 3.47. The minimum atomic E-state index is -3.17. The van der Waals surface area contributed by atoms with E-state index in [2.05, 4.69) is 4.72 Å². The van der Waals surface area contributed by atoms with Crippen molar-refractivity contribution in [3.8, 4) is 0 Å². The molecule has 0 heterocycles. The maximum atomic E-state index is 11.8. The fourth-order valence-electron chi connectivity index (χ4n) is 2.50. The lowest BCUT2D eigenvalue weighted by Crippen LogP contribution is -2.32. The van der Waals surface area contributed by atoms with Crippen molar-refractivity contribution < 1.29 is 8.42 Å². The van der Waals surface area contributed by atoms with Gasteiger partial charge in [0.2, 0.25) is 10.0 Å². The second-order valence-electron chi connectivity index (χ2n) is 4.84. The lowest BCUT2D eigenvalue weighted by Gasteiger charge is -2.26. The van der Waals surface area contributed by atoms with E-state index in [1.165, 1.54) is 5.56 Å². The first-order chi connectivity index (χ1) is 8.52. The second kappa shape index (κ2) is 5.28. The van der Waals surface area contributed by atoms with Gasteiger partial charge in [-0.05, 0) is 48.9 Å². The molecule has 0 saturated heterocycles. The van der Waals surface area contributed by atoms with Crippen LogP contribution in [0.3, 0.4) is 0 Å². The smallest absolute Gasteiger partial charge is 0.212 e. The van der Waals surface area contributed by atoms with Crippen LogP contribution in [0, 0.1) is 0 Å². The summed E-state index contributed by atoms with van der Waals surface area (Å²) < 4.78 is 26.5. The van der Waals surface area contributed by atoms with Crippen LogP contribution in [-0.4, -0.2) is 14.2 Å². The topological polar surface area (TPSA) is 72.2 Å². The van der Waals surface area contributed by atoms with E-state index in [1.807, 2.05) is 25.1 Å². The molecule has 0 spiro atoms.